The average molecular weight is 224 g/mol. The number of rotatable bonds is 3. The Balaban J connectivity index is 2.89. The van der Waals surface area contributed by atoms with E-state index in [1.54, 1.807) is 13.8 Å². The van der Waals surface area contributed by atoms with Crippen molar-refractivity contribution in [2.24, 2.45) is 5.41 Å². The lowest BCUT2D eigenvalue weighted by Gasteiger charge is -2.20. The van der Waals surface area contributed by atoms with Gasteiger partial charge in [0.25, 0.3) is 0 Å². The van der Waals surface area contributed by atoms with Gasteiger partial charge in [-0.25, -0.2) is 0 Å². The highest BCUT2D eigenvalue weighted by molar-refractivity contribution is 5.79. The summed E-state index contributed by atoms with van der Waals surface area (Å²) in [6.45, 7) is 5.40. The van der Waals surface area contributed by atoms with Crippen LogP contribution in [0.1, 0.15) is 27.2 Å². The predicted octanol–water partition coefficient (Wildman–Crippen LogP) is 2.44. The molecule has 0 aliphatic heterocycles. The van der Waals surface area contributed by atoms with Crippen LogP contribution in [-0.2, 0) is 4.79 Å². The highest BCUT2D eigenvalue weighted by Crippen LogP contribution is 2.32. The summed E-state index contributed by atoms with van der Waals surface area (Å²) in [7, 11) is 0. The number of phenols is 2. The van der Waals surface area contributed by atoms with Crippen molar-refractivity contribution < 1.29 is 19.7 Å². The normalized spacial score (nSPS) is 11.2. The maximum Gasteiger partial charge on any atom is 0.317 e. The van der Waals surface area contributed by atoms with Crippen LogP contribution in [0.15, 0.2) is 18.2 Å². The Morgan fingerprint density at radius 2 is 2.00 bits per heavy atom. The molecule has 2 N–H and O–H groups in total. The third-order valence-corrected chi connectivity index (χ3v) is 2.58. The van der Waals surface area contributed by atoms with Gasteiger partial charge in [0, 0.05) is 6.07 Å². The molecule has 0 bridgehead atoms. The number of hydrogen-bond acceptors (Lipinski definition) is 4. The van der Waals surface area contributed by atoms with Crippen molar-refractivity contribution in [3.05, 3.63) is 18.2 Å². The van der Waals surface area contributed by atoms with Crippen molar-refractivity contribution in [2.75, 3.05) is 0 Å². The van der Waals surface area contributed by atoms with Crippen LogP contribution in [0.25, 0.3) is 0 Å². The molecule has 0 radical (unpaired) electrons. The number of carbonyl (C=O) groups is 1. The minimum absolute atomic E-state index is 0.0217. The molecule has 0 saturated carbocycles. The summed E-state index contributed by atoms with van der Waals surface area (Å²) in [4.78, 5) is 11.7. The SMILES string of the molecule is CCC(C)(C)C(=O)Oc1cc(O)ccc1O. The van der Waals surface area contributed by atoms with E-state index in [-0.39, 0.29) is 17.2 Å². The molecule has 0 aliphatic carbocycles. The molecule has 0 spiro atoms. The molecule has 4 nitrogen and oxygen atoms in total. The number of benzene rings is 1. The van der Waals surface area contributed by atoms with Gasteiger partial charge in [0.05, 0.1) is 5.41 Å². The minimum atomic E-state index is -0.613. The smallest absolute Gasteiger partial charge is 0.317 e. The fourth-order valence-corrected chi connectivity index (χ4v) is 0.967. The molecule has 0 aromatic heterocycles. The lowest BCUT2D eigenvalue weighted by molar-refractivity contribution is -0.144. The molecule has 0 saturated heterocycles. The van der Waals surface area contributed by atoms with Gasteiger partial charge in [0.2, 0.25) is 0 Å². The van der Waals surface area contributed by atoms with Gasteiger partial charge in [0.1, 0.15) is 5.75 Å². The van der Waals surface area contributed by atoms with E-state index in [1.807, 2.05) is 6.92 Å². The zero-order chi connectivity index (χ0) is 12.3. The third-order valence-electron chi connectivity index (χ3n) is 2.58. The predicted molar refractivity (Wildman–Crippen MR) is 59.5 cm³/mol. The Morgan fingerprint density at radius 1 is 1.38 bits per heavy atom. The molecular formula is C12H16O4. The standard InChI is InChI=1S/C12H16O4/c1-4-12(2,3)11(15)16-10-7-8(13)5-6-9(10)14/h5-7,13-14H,4H2,1-3H3. The number of phenolic OH excluding ortho intramolecular Hbond substituents is 2. The summed E-state index contributed by atoms with van der Waals surface area (Å²) in [5.41, 5.74) is -0.613. The second-order valence-electron chi connectivity index (χ2n) is 4.28. The molecule has 1 rings (SSSR count). The first kappa shape index (κ1) is 12.4. The monoisotopic (exact) mass is 224 g/mol. The Labute approximate surface area is 94.5 Å². The van der Waals surface area contributed by atoms with Crippen LogP contribution in [0.5, 0.6) is 17.2 Å². The van der Waals surface area contributed by atoms with Crippen molar-refractivity contribution >= 4 is 5.97 Å². The van der Waals surface area contributed by atoms with E-state index >= 15 is 0 Å². The number of esters is 1. The molecule has 0 fully saturated rings. The van der Waals surface area contributed by atoms with Crippen LogP contribution in [-0.4, -0.2) is 16.2 Å². The van der Waals surface area contributed by atoms with E-state index in [0.717, 1.165) is 0 Å². The first-order chi connectivity index (χ1) is 7.36. The van der Waals surface area contributed by atoms with Gasteiger partial charge < -0.3 is 14.9 Å². The summed E-state index contributed by atoms with van der Waals surface area (Å²) < 4.78 is 5.03. The summed E-state index contributed by atoms with van der Waals surface area (Å²) >= 11 is 0. The van der Waals surface area contributed by atoms with Gasteiger partial charge in [0.15, 0.2) is 11.5 Å². The van der Waals surface area contributed by atoms with Crippen molar-refractivity contribution in [3.63, 3.8) is 0 Å². The summed E-state index contributed by atoms with van der Waals surface area (Å²) in [6.07, 6.45) is 0.630. The third kappa shape index (κ3) is 2.66. The molecule has 0 heterocycles. The maximum atomic E-state index is 11.7. The van der Waals surface area contributed by atoms with E-state index < -0.39 is 11.4 Å². The number of aromatic hydroxyl groups is 2. The van der Waals surface area contributed by atoms with Crippen LogP contribution >= 0.6 is 0 Å². The Bertz CT molecular complexity index is 396. The molecule has 88 valence electrons. The van der Waals surface area contributed by atoms with Crippen LogP contribution in [0.3, 0.4) is 0 Å². The van der Waals surface area contributed by atoms with Gasteiger partial charge in [-0.1, -0.05) is 6.92 Å². The molecule has 1 aromatic rings. The fourth-order valence-electron chi connectivity index (χ4n) is 0.967. The summed E-state index contributed by atoms with van der Waals surface area (Å²) in [5, 5.41) is 18.6. The zero-order valence-corrected chi connectivity index (χ0v) is 9.65. The van der Waals surface area contributed by atoms with Crippen LogP contribution in [0, 0.1) is 5.41 Å². The van der Waals surface area contributed by atoms with Crippen molar-refractivity contribution in [1.82, 2.24) is 0 Å². The first-order valence-electron chi connectivity index (χ1n) is 5.11. The van der Waals surface area contributed by atoms with Crippen molar-refractivity contribution in [2.45, 2.75) is 27.2 Å². The summed E-state index contributed by atoms with van der Waals surface area (Å²) in [6, 6.07) is 3.80. The highest BCUT2D eigenvalue weighted by atomic mass is 16.5. The average Bonchev–Trinajstić information content (AvgIpc) is 2.23. The first-order valence-corrected chi connectivity index (χ1v) is 5.11. The van der Waals surface area contributed by atoms with Gasteiger partial charge in [-0.2, -0.15) is 0 Å². The zero-order valence-electron chi connectivity index (χ0n) is 9.65. The number of ether oxygens (including phenoxy) is 1. The lowest BCUT2D eigenvalue weighted by atomic mass is 9.91. The largest absolute Gasteiger partial charge is 0.508 e. The van der Waals surface area contributed by atoms with Gasteiger partial charge in [-0.15, -0.1) is 0 Å². The molecule has 1 aromatic carbocycles. The Hall–Kier alpha value is -1.71. The van der Waals surface area contributed by atoms with Gasteiger partial charge >= 0.3 is 5.97 Å². The Morgan fingerprint density at radius 3 is 2.56 bits per heavy atom. The van der Waals surface area contributed by atoms with Gasteiger partial charge in [-0.05, 0) is 32.4 Å². The van der Waals surface area contributed by atoms with Crippen LogP contribution in [0.4, 0.5) is 0 Å². The van der Waals surface area contributed by atoms with Crippen molar-refractivity contribution in [1.29, 1.82) is 0 Å². The van der Waals surface area contributed by atoms with E-state index in [4.69, 9.17) is 4.74 Å². The van der Waals surface area contributed by atoms with E-state index in [1.165, 1.54) is 18.2 Å². The highest BCUT2D eigenvalue weighted by Gasteiger charge is 2.28. The van der Waals surface area contributed by atoms with Crippen LogP contribution in [0.2, 0.25) is 0 Å². The number of hydrogen-bond donors (Lipinski definition) is 2. The van der Waals surface area contributed by atoms with Crippen LogP contribution < -0.4 is 4.74 Å². The fraction of sp³-hybridized carbons (Fsp3) is 0.417. The van der Waals surface area contributed by atoms with E-state index in [2.05, 4.69) is 0 Å². The summed E-state index contributed by atoms with van der Waals surface area (Å²) in [5.74, 6) is -0.685. The number of carbonyl (C=O) groups excluding carboxylic acids is 1. The molecular weight excluding hydrogens is 208 g/mol. The van der Waals surface area contributed by atoms with E-state index in [0.29, 0.717) is 6.42 Å². The quantitative estimate of drug-likeness (QED) is 0.470. The molecule has 0 amide bonds. The Kier molecular flexibility index (Phi) is 3.42. The van der Waals surface area contributed by atoms with E-state index in [9.17, 15) is 15.0 Å². The molecule has 0 unspecified atom stereocenters. The molecule has 16 heavy (non-hydrogen) atoms. The molecule has 0 atom stereocenters. The topological polar surface area (TPSA) is 66.8 Å². The molecule has 0 aliphatic rings. The minimum Gasteiger partial charge on any atom is -0.508 e. The second kappa shape index (κ2) is 4.43. The van der Waals surface area contributed by atoms with Crippen molar-refractivity contribution in [3.8, 4) is 17.2 Å². The maximum absolute atomic E-state index is 11.7. The van der Waals surface area contributed by atoms with Gasteiger partial charge in [-0.3, -0.25) is 4.79 Å². The molecule has 4 heteroatoms. The second-order valence-corrected chi connectivity index (χ2v) is 4.28. The lowest BCUT2D eigenvalue weighted by Crippen LogP contribution is -2.28.